The third kappa shape index (κ3) is 5.55. The van der Waals surface area contributed by atoms with Crippen molar-refractivity contribution in [2.75, 3.05) is 4.93 Å². The van der Waals surface area contributed by atoms with Crippen LogP contribution < -0.4 is 21.2 Å². The molecule has 45 heavy (non-hydrogen) atoms. The summed E-state index contributed by atoms with van der Waals surface area (Å²) in [6.07, 6.45) is 3.93. The van der Waals surface area contributed by atoms with Crippen LogP contribution in [-0.2, 0) is 3.42 Å². The number of pyridine rings is 2. The van der Waals surface area contributed by atoms with Gasteiger partial charge in [0.2, 0.25) is 0 Å². The maximum absolute atomic E-state index is 4.52. The van der Waals surface area contributed by atoms with E-state index in [0.717, 1.165) is 22.5 Å². The van der Waals surface area contributed by atoms with Crippen molar-refractivity contribution < 1.29 is 21.2 Å². The van der Waals surface area contributed by atoms with Gasteiger partial charge in [0.05, 0.1) is 0 Å². The summed E-state index contributed by atoms with van der Waals surface area (Å²) >= 11 is 0.000277. The molecule has 2 nitrogen and oxygen atoms in total. The Hall–Kier alpha value is -4.35. The zero-order valence-corrected chi connectivity index (χ0v) is 28.6. The van der Waals surface area contributed by atoms with Crippen molar-refractivity contribution in [2.24, 2.45) is 0 Å². The van der Waals surface area contributed by atoms with Gasteiger partial charge in [-0.05, 0) is 19.9 Å². The Morgan fingerprint density at radius 3 is 1.33 bits per heavy atom. The number of hydrogen-bond acceptors (Lipinski definition) is 2. The van der Waals surface area contributed by atoms with Gasteiger partial charge >= 0.3 is 242 Å². The fraction of sp³-hybridized carbons (Fsp3) is 0.143. The molecule has 0 aliphatic heterocycles. The van der Waals surface area contributed by atoms with Crippen molar-refractivity contribution in [3.05, 3.63) is 145 Å². The summed E-state index contributed by atoms with van der Waals surface area (Å²) in [7, 11) is 0. The van der Waals surface area contributed by atoms with Crippen LogP contribution in [0.15, 0.2) is 128 Å². The molecule has 0 aliphatic rings. The number of hydrogen-bond donors (Lipinski definition) is 0. The second-order valence-corrected chi connectivity index (χ2v) is 16.0. The van der Waals surface area contributed by atoms with Crippen LogP contribution in [0.25, 0.3) is 66.1 Å². The van der Waals surface area contributed by atoms with Gasteiger partial charge in [-0.25, -0.2) is 0 Å². The van der Waals surface area contributed by atoms with Gasteiger partial charge in [0.15, 0.2) is 0 Å². The number of aryl methyl sites for hydroxylation is 2. The SMILES string of the molecule is C[I-]C(C)(C)c1ccc2c(-c3ccc(-c4ccc(C)nc4)cc3)c3ccccc3c(-c3ccc(-c4ccc(C)nc4)cc3)c2c1. The molecule has 5 aromatic carbocycles. The summed E-state index contributed by atoms with van der Waals surface area (Å²) in [5.74, 6) is 0. The minimum atomic E-state index is 0.000277. The number of alkyl halides is 2. The van der Waals surface area contributed by atoms with Gasteiger partial charge in [-0.1, -0.05) is 0 Å². The quantitative estimate of drug-likeness (QED) is 0.100. The average molecular weight is 696 g/mol. The molecule has 222 valence electrons. The molecular weight excluding hydrogens is 659 g/mol. The van der Waals surface area contributed by atoms with E-state index in [1.54, 1.807) is 0 Å². The van der Waals surface area contributed by atoms with Crippen molar-refractivity contribution in [2.45, 2.75) is 31.1 Å². The molecule has 3 heteroatoms. The molecule has 0 amide bonds. The molecule has 0 fully saturated rings. The molecule has 0 N–H and O–H groups in total. The number of aromatic nitrogens is 2. The first-order valence-corrected chi connectivity index (χ1v) is 18.6. The van der Waals surface area contributed by atoms with Crippen LogP contribution in [0.3, 0.4) is 0 Å². The van der Waals surface area contributed by atoms with E-state index >= 15 is 0 Å². The van der Waals surface area contributed by atoms with Crippen molar-refractivity contribution in [3.8, 4) is 44.5 Å². The van der Waals surface area contributed by atoms with Gasteiger partial charge in [0.25, 0.3) is 0 Å². The van der Waals surface area contributed by atoms with Crippen LogP contribution in [0, 0.1) is 13.8 Å². The molecule has 0 spiro atoms. The van der Waals surface area contributed by atoms with Crippen molar-refractivity contribution >= 4 is 21.5 Å². The zero-order valence-electron chi connectivity index (χ0n) is 26.4. The van der Waals surface area contributed by atoms with Crippen LogP contribution in [-0.4, -0.2) is 14.9 Å². The van der Waals surface area contributed by atoms with E-state index in [-0.39, 0.29) is 24.6 Å². The van der Waals surface area contributed by atoms with E-state index in [1.807, 2.05) is 26.2 Å². The van der Waals surface area contributed by atoms with Gasteiger partial charge in [-0.3, -0.25) is 4.98 Å². The third-order valence-electron chi connectivity index (χ3n) is 9.02. The van der Waals surface area contributed by atoms with Crippen LogP contribution in [0.1, 0.15) is 30.8 Å². The molecule has 0 atom stereocenters. The average Bonchev–Trinajstić information content (AvgIpc) is 3.08. The maximum atomic E-state index is 4.52. The second-order valence-electron chi connectivity index (χ2n) is 12.2. The van der Waals surface area contributed by atoms with Crippen molar-refractivity contribution in [3.63, 3.8) is 0 Å². The van der Waals surface area contributed by atoms with Crippen LogP contribution >= 0.6 is 0 Å². The van der Waals surface area contributed by atoms with Crippen LogP contribution in [0.4, 0.5) is 0 Å². The van der Waals surface area contributed by atoms with Gasteiger partial charge in [0.1, 0.15) is 0 Å². The molecule has 0 aliphatic carbocycles. The number of fused-ring (bicyclic) bond motifs is 2. The van der Waals surface area contributed by atoms with Crippen LogP contribution in [0.5, 0.6) is 0 Å². The molecule has 0 radical (unpaired) electrons. The Morgan fingerprint density at radius 1 is 0.467 bits per heavy atom. The van der Waals surface area contributed by atoms with Gasteiger partial charge < -0.3 is 0 Å². The molecule has 7 aromatic rings. The normalized spacial score (nSPS) is 11.8. The summed E-state index contributed by atoms with van der Waals surface area (Å²) in [5, 5.41) is 5.14. The Bertz CT molecular complexity index is 2140. The van der Waals surface area contributed by atoms with Crippen LogP contribution in [0.2, 0.25) is 0 Å². The Balaban J connectivity index is 1.46. The molecule has 2 heterocycles. The molecule has 7 rings (SSSR count). The topological polar surface area (TPSA) is 25.8 Å². The summed E-state index contributed by atoms with van der Waals surface area (Å²) in [6.45, 7) is 8.84. The fourth-order valence-corrected chi connectivity index (χ4v) is 7.17. The summed E-state index contributed by atoms with van der Waals surface area (Å²) < 4.78 is 0.183. The Kier molecular flexibility index (Phi) is 7.74. The van der Waals surface area contributed by atoms with E-state index < -0.39 is 0 Å². The third-order valence-corrected chi connectivity index (χ3v) is 12.3. The second kappa shape index (κ2) is 11.9. The van der Waals surface area contributed by atoms with Gasteiger partial charge in [-0.15, -0.1) is 0 Å². The summed E-state index contributed by atoms with van der Waals surface area (Å²) in [4.78, 5) is 11.4. The summed E-state index contributed by atoms with van der Waals surface area (Å²) in [6, 6.07) is 42.6. The molecular formula is C42H36IN2-. The Labute approximate surface area is 276 Å². The van der Waals surface area contributed by atoms with Crippen molar-refractivity contribution in [1.82, 2.24) is 9.97 Å². The number of nitrogens with zero attached hydrogens (tertiary/aromatic N) is 2. The molecule has 0 unspecified atom stereocenters. The minimum absolute atomic E-state index is 0.000277. The molecule has 0 bridgehead atoms. The van der Waals surface area contributed by atoms with Crippen molar-refractivity contribution in [1.29, 1.82) is 0 Å². The van der Waals surface area contributed by atoms with Gasteiger partial charge in [0, 0.05) is 11.4 Å². The Morgan fingerprint density at radius 2 is 0.889 bits per heavy atom. The number of rotatable bonds is 6. The van der Waals surface area contributed by atoms with E-state index in [4.69, 9.17) is 0 Å². The van der Waals surface area contributed by atoms with E-state index in [2.05, 4.69) is 144 Å². The van der Waals surface area contributed by atoms with E-state index in [0.29, 0.717) is 0 Å². The predicted octanol–water partition coefficient (Wildman–Crippen LogP) is 8.02. The molecule has 0 saturated carbocycles. The standard InChI is InChI=1S/C42H36IN2/c1-27-10-12-33(25-44-27)29-14-18-31(19-15-29)40-36-8-6-7-9-37(36)41(39-24-35(22-23-38(39)40)42(3,4)43-5)32-20-16-30(17-21-32)34-13-11-28(2)45-26-34/h6-26H,1-5H3/q-1. The number of benzene rings is 5. The van der Waals surface area contributed by atoms with E-state index in [1.165, 1.54) is 60.5 Å². The van der Waals surface area contributed by atoms with E-state index in [9.17, 15) is 0 Å². The molecule has 2 aromatic heterocycles. The first-order valence-electron chi connectivity index (χ1n) is 15.4. The molecule has 0 saturated heterocycles. The predicted molar refractivity (Wildman–Crippen MR) is 187 cm³/mol. The first kappa shape index (κ1) is 29.4. The number of halogens is 1. The first-order chi connectivity index (χ1) is 21.8. The van der Waals surface area contributed by atoms with Gasteiger partial charge in [-0.2, -0.15) is 0 Å². The zero-order chi connectivity index (χ0) is 31.1. The summed E-state index contributed by atoms with van der Waals surface area (Å²) in [5.41, 5.74) is 13.1. The monoisotopic (exact) mass is 695 g/mol. The fourth-order valence-electron chi connectivity index (χ4n) is 6.22.